The molecular weight excluding hydrogens is 628 g/mol. The van der Waals surface area contributed by atoms with E-state index in [1.165, 1.54) is 6.21 Å². The number of nitrogens with zero attached hydrogens (tertiary/aromatic N) is 3. The minimum absolute atomic E-state index is 0.207. The second kappa shape index (κ2) is 12.6. The van der Waals surface area contributed by atoms with Gasteiger partial charge in [-0.1, -0.05) is 57.9 Å². The second-order valence-electron chi connectivity index (χ2n) is 9.62. The number of halogens is 2. The SMILES string of the molecule is COc1ccc2cc(C=NNC(=O)COc3ccc(-c4cc(-c5ccccc5)c5cc(Br)ccc5n4)cc3)c(Cl)nc2c1. The molecule has 7 nitrogen and oxygen atoms in total. The van der Waals surface area contributed by atoms with Crippen LogP contribution >= 0.6 is 27.5 Å². The molecule has 0 spiro atoms. The van der Waals surface area contributed by atoms with E-state index in [4.69, 9.17) is 26.1 Å². The predicted molar refractivity (Wildman–Crippen MR) is 175 cm³/mol. The Balaban J connectivity index is 1.12. The van der Waals surface area contributed by atoms with E-state index in [2.05, 4.69) is 55.7 Å². The fraction of sp³-hybridized carbons (Fsp3) is 0.0588. The number of methoxy groups -OCH3 is 1. The van der Waals surface area contributed by atoms with Gasteiger partial charge in [0.05, 0.1) is 30.1 Å². The molecule has 0 bridgehead atoms. The summed E-state index contributed by atoms with van der Waals surface area (Å²) in [4.78, 5) is 21.6. The minimum atomic E-state index is -0.412. The van der Waals surface area contributed by atoms with Gasteiger partial charge < -0.3 is 9.47 Å². The molecule has 0 fully saturated rings. The van der Waals surface area contributed by atoms with Crippen LogP contribution in [0.25, 0.3) is 44.2 Å². The van der Waals surface area contributed by atoms with Crippen LogP contribution < -0.4 is 14.9 Å². The molecule has 0 radical (unpaired) electrons. The molecule has 9 heteroatoms. The van der Waals surface area contributed by atoms with Crippen molar-refractivity contribution in [2.75, 3.05) is 13.7 Å². The summed E-state index contributed by atoms with van der Waals surface area (Å²) in [5.74, 6) is 0.827. The molecule has 0 atom stereocenters. The van der Waals surface area contributed by atoms with Gasteiger partial charge in [-0.05, 0) is 77.9 Å². The van der Waals surface area contributed by atoms with Crippen LogP contribution in [0, 0.1) is 0 Å². The van der Waals surface area contributed by atoms with Crippen molar-refractivity contribution < 1.29 is 14.3 Å². The van der Waals surface area contributed by atoms with Gasteiger partial charge in [-0.2, -0.15) is 5.10 Å². The van der Waals surface area contributed by atoms with Crippen LogP contribution in [-0.4, -0.2) is 35.8 Å². The van der Waals surface area contributed by atoms with Gasteiger partial charge in [-0.15, -0.1) is 0 Å². The number of hydrogen-bond acceptors (Lipinski definition) is 6. The number of rotatable bonds is 8. The van der Waals surface area contributed by atoms with Crippen molar-refractivity contribution in [2.24, 2.45) is 5.10 Å². The highest BCUT2D eigenvalue weighted by atomic mass is 79.9. The topological polar surface area (TPSA) is 85.7 Å². The van der Waals surface area contributed by atoms with E-state index >= 15 is 0 Å². The van der Waals surface area contributed by atoms with Gasteiger partial charge in [-0.3, -0.25) is 4.79 Å². The average Bonchev–Trinajstić information content (AvgIpc) is 3.04. The summed E-state index contributed by atoms with van der Waals surface area (Å²) in [6, 6.07) is 33.3. The van der Waals surface area contributed by atoms with Crippen LogP contribution in [0.15, 0.2) is 113 Å². The average molecular weight is 652 g/mol. The van der Waals surface area contributed by atoms with Crippen molar-refractivity contribution in [1.29, 1.82) is 0 Å². The number of pyridine rings is 2. The third-order valence-corrected chi connectivity index (χ3v) is 7.57. The Labute approximate surface area is 261 Å². The van der Waals surface area contributed by atoms with Crippen molar-refractivity contribution in [3.05, 3.63) is 118 Å². The number of aromatic nitrogens is 2. The molecule has 0 unspecified atom stereocenters. The highest BCUT2D eigenvalue weighted by molar-refractivity contribution is 9.10. The van der Waals surface area contributed by atoms with Crippen molar-refractivity contribution in [3.63, 3.8) is 0 Å². The summed E-state index contributed by atoms with van der Waals surface area (Å²) in [6.45, 7) is -0.207. The predicted octanol–water partition coefficient (Wildman–Crippen LogP) is 8.07. The number of carbonyl (C=O) groups excluding carboxylic acids is 1. The van der Waals surface area contributed by atoms with Crippen LogP contribution in [0.2, 0.25) is 5.15 Å². The van der Waals surface area contributed by atoms with E-state index in [0.717, 1.165) is 43.1 Å². The molecule has 0 aliphatic rings. The molecule has 1 amide bonds. The molecule has 6 rings (SSSR count). The first-order valence-electron chi connectivity index (χ1n) is 13.3. The van der Waals surface area contributed by atoms with E-state index in [0.29, 0.717) is 22.6 Å². The van der Waals surface area contributed by atoms with Crippen LogP contribution in [0.4, 0.5) is 0 Å². The number of hydrogen-bond donors (Lipinski definition) is 1. The molecule has 212 valence electrons. The van der Waals surface area contributed by atoms with Crippen LogP contribution in [0.5, 0.6) is 11.5 Å². The normalized spacial score (nSPS) is 11.2. The zero-order valence-electron chi connectivity index (χ0n) is 22.9. The fourth-order valence-corrected chi connectivity index (χ4v) is 5.19. The summed E-state index contributed by atoms with van der Waals surface area (Å²) in [7, 11) is 1.59. The van der Waals surface area contributed by atoms with Crippen LogP contribution in [0.3, 0.4) is 0 Å². The van der Waals surface area contributed by atoms with Crippen molar-refractivity contribution in [3.8, 4) is 33.9 Å². The molecule has 43 heavy (non-hydrogen) atoms. The molecular formula is C34H24BrClN4O3. The molecule has 0 aliphatic carbocycles. The summed E-state index contributed by atoms with van der Waals surface area (Å²) < 4.78 is 11.9. The van der Waals surface area contributed by atoms with Crippen LogP contribution in [-0.2, 0) is 4.79 Å². The first-order valence-corrected chi connectivity index (χ1v) is 14.5. The summed E-state index contributed by atoms with van der Waals surface area (Å²) in [5.41, 5.74) is 8.62. The molecule has 6 aromatic rings. The monoisotopic (exact) mass is 650 g/mol. The highest BCUT2D eigenvalue weighted by Crippen LogP contribution is 2.34. The van der Waals surface area contributed by atoms with Crippen LogP contribution in [0.1, 0.15) is 5.56 Å². The quantitative estimate of drug-likeness (QED) is 0.102. The third-order valence-electron chi connectivity index (χ3n) is 6.77. The first kappa shape index (κ1) is 28.3. The Bertz CT molecular complexity index is 1980. The van der Waals surface area contributed by atoms with Gasteiger partial charge in [0.15, 0.2) is 6.61 Å². The second-order valence-corrected chi connectivity index (χ2v) is 10.9. The fourth-order valence-electron chi connectivity index (χ4n) is 4.64. The van der Waals surface area contributed by atoms with E-state index in [9.17, 15) is 4.79 Å². The summed E-state index contributed by atoms with van der Waals surface area (Å²) in [6.07, 6.45) is 1.45. The van der Waals surface area contributed by atoms with Gasteiger partial charge in [-0.25, -0.2) is 15.4 Å². The minimum Gasteiger partial charge on any atom is -0.497 e. The van der Waals surface area contributed by atoms with Gasteiger partial charge in [0.2, 0.25) is 0 Å². The maximum absolute atomic E-state index is 12.4. The lowest BCUT2D eigenvalue weighted by Gasteiger charge is -2.11. The Morgan fingerprint density at radius 1 is 0.884 bits per heavy atom. The number of carbonyl (C=O) groups is 1. The zero-order chi connectivity index (χ0) is 29.8. The lowest BCUT2D eigenvalue weighted by atomic mass is 9.98. The number of fused-ring (bicyclic) bond motifs is 2. The van der Waals surface area contributed by atoms with Crippen molar-refractivity contribution in [2.45, 2.75) is 0 Å². The molecule has 0 aliphatic heterocycles. The van der Waals surface area contributed by atoms with E-state index < -0.39 is 5.91 Å². The molecule has 0 saturated carbocycles. The summed E-state index contributed by atoms with van der Waals surface area (Å²) in [5, 5.41) is 6.21. The highest BCUT2D eigenvalue weighted by Gasteiger charge is 2.11. The largest absolute Gasteiger partial charge is 0.497 e. The maximum atomic E-state index is 12.4. The Morgan fingerprint density at radius 3 is 2.47 bits per heavy atom. The number of nitrogens with one attached hydrogen (secondary N) is 1. The molecule has 2 aromatic heterocycles. The standard InChI is InChI=1S/C34H24BrClN4O3/c1-42-27-13-9-23-15-24(34(36)39-31(23)17-27)19-37-40-33(41)20-43-26-11-7-22(8-12-26)32-18-28(21-5-3-2-4-6-21)29-16-25(35)10-14-30(29)38-32/h2-19H,20H2,1H3,(H,40,41). The Kier molecular flexibility index (Phi) is 8.31. The Morgan fingerprint density at radius 2 is 1.67 bits per heavy atom. The van der Waals surface area contributed by atoms with Gasteiger partial charge in [0, 0.05) is 32.4 Å². The lowest BCUT2D eigenvalue weighted by molar-refractivity contribution is -0.123. The third kappa shape index (κ3) is 6.51. The number of ether oxygens (including phenoxy) is 2. The van der Waals surface area contributed by atoms with Crippen molar-refractivity contribution in [1.82, 2.24) is 15.4 Å². The summed E-state index contributed by atoms with van der Waals surface area (Å²) >= 11 is 9.89. The van der Waals surface area contributed by atoms with Gasteiger partial charge >= 0.3 is 0 Å². The molecule has 0 saturated heterocycles. The van der Waals surface area contributed by atoms with Gasteiger partial charge in [0.25, 0.3) is 5.91 Å². The van der Waals surface area contributed by atoms with E-state index in [-0.39, 0.29) is 11.8 Å². The van der Waals surface area contributed by atoms with E-state index in [1.807, 2.05) is 72.8 Å². The molecule has 4 aromatic carbocycles. The Hall–Kier alpha value is -4.79. The lowest BCUT2D eigenvalue weighted by Crippen LogP contribution is -2.24. The maximum Gasteiger partial charge on any atom is 0.277 e. The number of benzene rings is 4. The first-order chi connectivity index (χ1) is 21.0. The zero-order valence-corrected chi connectivity index (χ0v) is 25.3. The van der Waals surface area contributed by atoms with Gasteiger partial charge in [0.1, 0.15) is 16.7 Å². The van der Waals surface area contributed by atoms with Crippen molar-refractivity contribution >= 4 is 61.5 Å². The van der Waals surface area contributed by atoms with E-state index in [1.54, 1.807) is 13.2 Å². The smallest absolute Gasteiger partial charge is 0.277 e. The molecule has 2 heterocycles. The number of amides is 1. The molecule has 1 N–H and O–H groups in total. The number of hydrazone groups is 1.